The molecule has 0 spiro atoms. The minimum absolute atomic E-state index is 0.0955. The van der Waals surface area contributed by atoms with E-state index in [0.29, 0.717) is 22.6 Å². The normalized spacial score (nSPS) is 11.8. The van der Waals surface area contributed by atoms with Gasteiger partial charge in [-0.1, -0.05) is 17.3 Å². The third kappa shape index (κ3) is 3.03. The molecular formula is C19H17F2NO3S. The molecule has 1 heterocycles. The summed E-state index contributed by atoms with van der Waals surface area (Å²) in [6, 6.07) is 7.90. The minimum atomic E-state index is -3.88. The SMILES string of the molecule is Cc1ccc(-c2noc(C)c2-c2ccc(S(C)(=O)=O)c(F)c2F)cc1C. The van der Waals surface area contributed by atoms with Crippen LogP contribution >= 0.6 is 0 Å². The van der Waals surface area contributed by atoms with Crippen molar-refractivity contribution in [3.05, 3.63) is 58.9 Å². The molecule has 136 valence electrons. The molecule has 0 aliphatic rings. The first-order valence-corrected chi connectivity index (χ1v) is 9.72. The summed E-state index contributed by atoms with van der Waals surface area (Å²) in [7, 11) is -3.88. The summed E-state index contributed by atoms with van der Waals surface area (Å²) in [4.78, 5) is -0.680. The molecule has 7 heteroatoms. The maximum atomic E-state index is 14.7. The fraction of sp³-hybridized carbons (Fsp3) is 0.211. The van der Waals surface area contributed by atoms with E-state index in [9.17, 15) is 17.2 Å². The molecule has 0 aliphatic carbocycles. The molecule has 0 bridgehead atoms. The van der Waals surface area contributed by atoms with Crippen LogP contribution in [0.2, 0.25) is 0 Å². The topological polar surface area (TPSA) is 60.2 Å². The molecule has 3 aromatic rings. The molecule has 0 amide bonds. The average molecular weight is 377 g/mol. The van der Waals surface area contributed by atoms with Crippen LogP contribution in [-0.4, -0.2) is 19.8 Å². The zero-order valence-corrected chi connectivity index (χ0v) is 15.5. The minimum Gasteiger partial charge on any atom is -0.360 e. The molecule has 0 atom stereocenters. The van der Waals surface area contributed by atoms with E-state index in [-0.39, 0.29) is 5.56 Å². The van der Waals surface area contributed by atoms with Gasteiger partial charge < -0.3 is 4.52 Å². The second-order valence-corrected chi connectivity index (χ2v) is 8.26. The van der Waals surface area contributed by atoms with E-state index in [1.165, 1.54) is 6.07 Å². The van der Waals surface area contributed by atoms with Crippen LogP contribution in [0.1, 0.15) is 16.9 Å². The van der Waals surface area contributed by atoms with E-state index < -0.39 is 26.4 Å². The first-order chi connectivity index (χ1) is 12.1. The third-order valence-corrected chi connectivity index (χ3v) is 5.47. The molecular weight excluding hydrogens is 360 g/mol. The number of benzene rings is 2. The van der Waals surface area contributed by atoms with Crippen molar-refractivity contribution in [2.45, 2.75) is 25.7 Å². The van der Waals surface area contributed by atoms with Gasteiger partial charge in [-0.2, -0.15) is 0 Å². The van der Waals surface area contributed by atoms with Gasteiger partial charge in [0.15, 0.2) is 21.5 Å². The van der Waals surface area contributed by atoms with Crippen molar-refractivity contribution in [2.24, 2.45) is 0 Å². The lowest BCUT2D eigenvalue weighted by Crippen LogP contribution is -2.04. The predicted molar refractivity (Wildman–Crippen MR) is 94.6 cm³/mol. The van der Waals surface area contributed by atoms with Gasteiger partial charge in [-0.3, -0.25) is 0 Å². The molecule has 4 nitrogen and oxygen atoms in total. The van der Waals surface area contributed by atoms with Crippen LogP contribution in [0, 0.1) is 32.4 Å². The number of hydrogen-bond donors (Lipinski definition) is 0. The van der Waals surface area contributed by atoms with E-state index in [4.69, 9.17) is 4.52 Å². The maximum Gasteiger partial charge on any atom is 0.178 e. The Morgan fingerprint density at radius 2 is 1.65 bits per heavy atom. The van der Waals surface area contributed by atoms with Crippen molar-refractivity contribution in [1.29, 1.82) is 0 Å². The number of rotatable bonds is 3. The lowest BCUT2D eigenvalue weighted by Gasteiger charge is -2.09. The van der Waals surface area contributed by atoms with Gasteiger partial charge in [0.1, 0.15) is 16.3 Å². The van der Waals surface area contributed by atoms with Gasteiger partial charge >= 0.3 is 0 Å². The summed E-state index contributed by atoms with van der Waals surface area (Å²) in [6.45, 7) is 5.49. The van der Waals surface area contributed by atoms with Crippen LogP contribution < -0.4 is 0 Å². The third-order valence-electron chi connectivity index (χ3n) is 4.36. The fourth-order valence-electron chi connectivity index (χ4n) is 2.79. The van der Waals surface area contributed by atoms with Gasteiger partial charge in [0.05, 0.1) is 5.56 Å². The predicted octanol–water partition coefficient (Wildman–Crippen LogP) is 4.62. The molecule has 0 N–H and O–H groups in total. The molecule has 2 aromatic carbocycles. The first-order valence-electron chi connectivity index (χ1n) is 7.83. The molecule has 0 unspecified atom stereocenters. The Hall–Kier alpha value is -2.54. The number of aryl methyl sites for hydroxylation is 3. The molecule has 0 saturated heterocycles. The lowest BCUT2D eigenvalue weighted by atomic mass is 9.97. The number of sulfone groups is 1. The van der Waals surface area contributed by atoms with Gasteiger partial charge in [-0.15, -0.1) is 0 Å². The van der Waals surface area contributed by atoms with E-state index in [2.05, 4.69) is 5.16 Å². The lowest BCUT2D eigenvalue weighted by molar-refractivity contribution is 0.400. The Morgan fingerprint density at radius 1 is 0.962 bits per heavy atom. The van der Waals surface area contributed by atoms with Crippen LogP contribution in [0.3, 0.4) is 0 Å². The van der Waals surface area contributed by atoms with Gasteiger partial charge in [0.25, 0.3) is 0 Å². The van der Waals surface area contributed by atoms with E-state index in [0.717, 1.165) is 23.4 Å². The second kappa shape index (κ2) is 6.32. The largest absolute Gasteiger partial charge is 0.360 e. The molecule has 0 aliphatic heterocycles. The molecule has 3 rings (SSSR count). The summed E-state index contributed by atoms with van der Waals surface area (Å²) < 4.78 is 57.4. The summed E-state index contributed by atoms with van der Waals surface area (Å²) >= 11 is 0. The van der Waals surface area contributed by atoms with Gasteiger partial charge in [-0.25, -0.2) is 17.2 Å². The zero-order chi connectivity index (χ0) is 19.2. The highest BCUT2D eigenvalue weighted by molar-refractivity contribution is 7.90. The van der Waals surface area contributed by atoms with Crippen LogP contribution in [0.15, 0.2) is 39.8 Å². The number of halogens is 2. The van der Waals surface area contributed by atoms with Crippen molar-refractivity contribution < 1.29 is 21.7 Å². The summed E-state index contributed by atoms with van der Waals surface area (Å²) in [5.41, 5.74) is 3.38. The van der Waals surface area contributed by atoms with E-state index >= 15 is 0 Å². The van der Waals surface area contributed by atoms with Crippen molar-refractivity contribution in [1.82, 2.24) is 5.16 Å². The van der Waals surface area contributed by atoms with Crippen molar-refractivity contribution in [3.63, 3.8) is 0 Å². The highest BCUT2D eigenvalue weighted by Crippen LogP contribution is 2.37. The highest BCUT2D eigenvalue weighted by atomic mass is 32.2. The Labute approximate surface area is 150 Å². The van der Waals surface area contributed by atoms with Crippen molar-refractivity contribution >= 4 is 9.84 Å². The Kier molecular flexibility index (Phi) is 4.44. The Balaban J connectivity index is 2.25. The van der Waals surface area contributed by atoms with Crippen LogP contribution in [-0.2, 0) is 9.84 Å². The van der Waals surface area contributed by atoms with E-state index in [1.54, 1.807) is 6.92 Å². The van der Waals surface area contributed by atoms with Gasteiger partial charge in [0.2, 0.25) is 0 Å². The molecule has 26 heavy (non-hydrogen) atoms. The molecule has 0 fully saturated rings. The average Bonchev–Trinajstić information content (AvgIpc) is 2.93. The number of hydrogen-bond acceptors (Lipinski definition) is 4. The quantitative estimate of drug-likeness (QED) is 0.668. The monoisotopic (exact) mass is 377 g/mol. The highest BCUT2D eigenvalue weighted by Gasteiger charge is 2.25. The van der Waals surface area contributed by atoms with Gasteiger partial charge in [0, 0.05) is 17.4 Å². The number of aromatic nitrogens is 1. The molecule has 0 saturated carbocycles. The maximum absolute atomic E-state index is 14.7. The Bertz CT molecular complexity index is 1120. The fourth-order valence-corrected chi connectivity index (χ4v) is 3.52. The summed E-state index contributed by atoms with van der Waals surface area (Å²) in [5, 5.41) is 3.99. The smallest absolute Gasteiger partial charge is 0.178 e. The molecule has 1 aromatic heterocycles. The standard InChI is InChI=1S/C19H17F2NO3S/c1-10-5-6-13(9-11(10)2)19-16(12(3)25-22-19)14-7-8-15(26(4,23)24)18(21)17(14)20/h5-9H,1-4H3. The Morgan fingerprint density at radius 3 is 2.27 bits per heavy atom. The van der Waals surface area contributed by atoms with Crippen LogP contribution in [0.4, 0.5) is 8.78 Å². The number of nitrogens with zero attached hydrogens (tertiary/aromatic N) is 1. The van der Waals surface area contributed by atoms with Gasteiger partial charge in [-0.05, 0) is 50.1 Å². The van der Waals surface area contributed by atoms with Crippen molar-refractivity contribution in [3.8, 4) is 22.4 Å². The zero-order valence-electron chi connectivity index (χ0n) is 14.7. The van der Waals surface area contributed by atoms with E-state index in [1.807, 2.05) is 32.0 Å². The summed E-state index contributed by atoms with van der Waals surface area (Å²) in [5.74, 6) is -2.34. The first kappa shape index (κ1) is 18.3. The van der Waals surface area contributed by atoms with Crippen LogP contribution in [0.25, 0.3) is 22.4 Å². The molecule has 0 radical (unpaired) electrons. The second-order valence-electron chi connectivity index (χ2n) is 6.27. The van der Waals surface area contributed by atoms with Crippen LogP contribution in [0.5, 0.6) is 0 Å². The summed E-state index contributed by atoms with van der Waals surface area (Å²) in [6.07, 6.45) is 0.829. The van der Waals surface area contributed by atoms with Crippen molar-refractivity contribution in [2.75, 3.05) is 6.26 Å².